The molecule has 0 saturated heterocycles. The van der Waals surface area contributed by atoms with Crippen LogP contribution in [-0.2, 0) is 4.43 Å². The summed E-state index contributed by atoms with van der Waals surface area (Å²) in [5.74, 6) is 0. The predicted octanol–water partition coefficient (Wildman–Crippen LogP) is 0.0144. The maximum Gasteiger partial charge on any atom is 0.192 e. The van der Waals surface area contributed by atoms with Crippen molar-refractivity contribution in [3.63, 3.8) is 0 Å². The van der Waals surface area contributed by atoms with E-state index in [1.165, 1.54) is 5.19 Å². The van der Waals surface area contributed by atoms with E-state index in [1.807, 2.05) is 25.1 Å². The molecular weight excluding hydrogens is 154 g/mol. The third-order valence-electron chi connectivity index (χ3n) is 1.42. The van der Waals surface area contributed by atoms with E-state index < -0.39 is 9.76 Å². The zero-order chi connectivity index (χ0) is 8.10. The van der Waals surface area contributed by atoms with Crippen LogP contribution in [0.1, 0.15) is 6.92 Å². The van der Waals surface area contributed by atoms with Gasteiger partial charge in [0.25, 0.3) is 0 Å². The van der Waals surface area contributed by atoms with Gasteiger partial charge in [-0.25, -0.2) is 0 Å². The minimum Gasteiger partial charge on any atom is -0.419 e. The summed E-state index contributed by atoms with van der Waals surface area (Å²) in [6.07, 6.45) is 0. The monoisotopic (exact) mass is 167 g/mol. The fourth-order valence-electron chi connectivity index (χ4n) is 0.903. The van der Waals surface area contributed by atoms with E-state index in [2.05, 4.69) is 6.07 Å². The summed E-state index contributed by atoms with van der Waals surface area (Å²) in [5.41, 5.74) is 6.43. The van der Waals surface area contributed by atoms with Gasteiger partial charge in [-0.15, -0.1) is 0 Å². The van der Waals surface area contributed by atoms with Crippen LogP contribution in [0.5, 0.6) is 0 Å². The Bertz CT molecular complexity index is 227. The Labute approximate surface area is 69.3 Å². The first-order valence-electron chi connectivity index (χ1n) is 3.75. The van der Waals surface area contributed by atoms with E-state index in [-0.39, 0.29) is 0 Å². The molecule has 2 N–H and O–H groups in total. The Kier molecular flexibility index (Phi) is 3.13. The molecule has 11 heavy (non-hydrogen) atoms. The first-order valence-corrected chi connectivity index (χ1v) is 5.03. The summed E-state index contributed by atoms with van der Waals surface area (Å²) in [7, 11) is -0.513. The second kappa shape index (κ2) is 4.15. The maximum atomic E-state index is 5.60. The second-order valence-electron chi connectivity index (χ2n) is 2.38. The highest BCUT2D eigenvalue weighted by Gasteiger charge is 1.92. The SMILES string of the molecule is CCO[SiH2]c1cccc(N)c1. The Morgan fingerprint density at radius 1 is 1.55 bits per heavy atom. The zero-order valence-electron chi connectivity index (χ0n) is 6.71. The van der Waals surface area contributed by atoms with E-state index in [9.17, 15) is 0 Å². The van der Waals surface area contributed by atoms with Gasteiger partial charge < -0.3 is 10.2 Å². The number of benzene rings is 1. The van der Waals surface area contributed by atoms with Crippen molar-refractivity contribution in [3.8, 4) is 0 Å². The van der Waals surface area contributed by atoms with Gasteiger partial charge in [-0.2, -0.15) is 0 Å². The van der Waals surface area contributed by atoms with Crippen LogP contribution in [0.3, 0.4) is 0 Å². The first-order chi connectivity index (χ1) is 5.33. The van der Waals surface area contributed by atoms with E-state index in [0.29, 0.717) is 0 Å². The molecule has 0 heterocycles. The summed E-state index contributed by atoms with van der Waals surface area (Å²) in [4.78, 5) is 0. The third-order valence-corrected chi connectivity index (χ3v) is 2.81. The molecule has 2 nitrogen and oxygen atoms in total. The standard InChI is InChI=1S/C8H13NOSi/c1-2-10-11-8-5-3-4-7(9)6-8/h3-6H,2,9,11H2,1H3. The van der Waals surface area contributed by atoms with Gasteiger partial charge in [-0.05, 0) is 24.2 Å². The van der Waals surface area contributed by atoms with Crippen LogP contribution in [0.4, 0.5) is 5.69 Å². The number of nitrogens with two attached hydrogens (primary N) is 1. The highest BCUT2D eigenvalue weighted by Crippen LogP contribution is 1.95. The summed E-state index contributed by atoms with van der Waals surface area (Å²) in [5, 5.41) is 1.27. The molecule has 60 valence electrons. The molecule has 0 spiro atoms. The van der Waals surface area contributed by atoms with Crippen molar-refractivity contribution >= 4 is 20.6 Å². The van der Waals surface area contributed by atoms with E-state index in [1.54, 1.807) is 0 Å². The molecule has 1 aromatic rings. The first kappa shape index (κ1) is 8.29. The minimum absolute atomic E-state index is 0.513. The van der Waals surface area contributed by atoms with Crippen LogP contribution in [0.2, 0.25) is 0 Å². The molecule has 0 saturated carbocycles. The van der Waals surface area contributed by atoms with Gasteiger partial charge in [0.2, 0.25) is 0 Å². The highest BCUT2D eigenvalue weighted by molar-refractivity contribution is 6.47. The zero-order valence-corrected chi connectivity index (χ0v) is 8.12. The lowest BCUT2D eigenvalue weighted by molar-refractivity contribution is 0.367. The lowest BCUT2D eigenvalue weighted by Crippen LogP contribution is -2.17. The van der Waals surface area contributed by atoms with Gasteiger partial charge >= 0.3 is 0 Å². The van der Waals surface area contributed by atoms with Crippen LogP contribution in [0.25, 0.3) is 0 Å². The molecule has 0 aliphatic carbocycles. The Morgan fingerprint density at radius 3 is 3.00 bits per heavy atom. The normalized spacial score (nSPS) is 11.0. The number of hydrogen-bond donors (Lipinski definition) is 1. The fraction of sp³-hybridized carbons (Fsp3) is 0.250. The van der Waals surface area contributed by atoms with Gasteiger partial charge in [0, 0.05) is 12.3 Å². The number of rotatable bonds is 3. The van der Waals surface area contributed by atoms with Crippen molar-refractivity contribution in [2.75, 3.05) is 12.3 Å². The van der Waals surface area contributed by atoms with Crippen molar-refractivity contribution in [2.45, 2.75) is 6.92 Å². The van der Waals surface area contributed by atoms with E-state index in [0.717, 1.165) is 12.3 Å². The molecule has 0 aliphatic heterocycles. The van der Waals surface area contributed by atoms with Crippen LogP contribution < -0.4 is 10.9 Å². The van der Waals surface area contributed by atoms with Crippen LogP contribution >= 0.6 is 0 Å². The maximum absolute atomic E-state index is 5.60. The molecule has 0 amide bonds. The van der Waals surface area contributed by atoms with Crippen LogP contribution in [0, 0.1) is 0 Å². The average molecular weight is 167 g/mol. The Morgan fingerprint density at radius 2 is 2.36 bits per heavy atom. The predicted molar refractivity (Wildman–Crippen MR) is 50.7 cm³/mol. The molecular formula is C8H13NOSi. The second-order valence-corrected chi connectivity index (χ2v) is 3.90. The van der Waals surface area contributed by atoms with Crippen LogP contribution in [0.15, 0.2) is 24.3 Å². The summed E-state index contributed by atoms with van der Waals surface area (Å²) in [6, 6.07) is 7.92. The van der Waals surface area contributed by atoms with Crippen LogP contribution in [-0.4, -0.2) is 16.4 Å². The highest BCUT2D eigenvalue weighted by atomic mass is 28.2. The smallest absolute Gasteiger partial charge is 0.192 e. The van der Waals surface area contributed by atoms with Crippen molar-refractivity contribution in [2.24, 2.45) is 0 Å². The molecule has 3 heteroatoms. The Balaban J connectivity index is 2.56. The van der Waals surface area contributed by atoms with E-state index in [4.69, 9.17) is 10.2 Å². The topological polar surface area (TPSA) is 35.2 Å². The molecule has 0 atom stereocenters. The number of hydrogen-bond acceptors (Lipinski definition) is 2. The largest absolute Gasteiger partial charge is 0.419 e. The molecule has 0 fully saturated rings. The molecule has 0 aromatic heterocycles. The molecule has 0 aliphatic rings. The summed E-state index contributed by atoms with van der Waals surface area (Å²) >= 11 is 0. The lowest BCUT2D eigenvalue weighted by atomic mass is 10.3. The van der Waals surface area contributed by atoms with Crippen molar-refractivity contribution < 1.29 is 4.43 Å². The van der Waals surface area contributed by atoms with Crippen molar-refractivity contribution in [3.05, 3.63) is 24.3 Å². The van der Waals surface area contributed by atoms with Gasteiger partial charge in [-0.1, -0.05) is 12.1 Å². The molecule has 0 radical (unpaired) electrons. The quantitative estimate of drug-likeness (QED) is 0.508. The summed E-state index contributed by atoms with van der Waals surface area (Å²) in [6.45, 7) is 2.82. The van der Waals surface area contributed by atoms with Gasteiger partial charge in [0.05, 0.1) is 0 Å². The molecule has 0 bridgehead atoms. The van der Waals surface area contributed by atoms with Gasteiger partial charge in [-0.3, -0.25) is 0 Å². The minimum atomic E-state index is -0.513. The number of anilines is 1. The lowest BCUT2D eigenvalue weighted by Gasteiger charge is -2.00. The van der Waals surface area contributed by atoms with Crippen molar-refractivity contribution in [1.29, 1.82) is 0 Å². The number of nitrogen functional groups attached to an aromatic ring is 1. The van der Waals surface area contributed by atoms with Gasteiger partial charge in [0.1, 0.15) is 0 Å². The fourth-order valence-corrected chi connectivity index (χ4v) is 1.89. The third kappa shape index (κ3) is 2.74. The molecule has 1 aromatic carbocycles. The Hall–Kier alpha value is -0.803. The van der Waals surface area contributed by atoms with Crippen molar-refractivity contribution in [1.82, 2.24) is 0 Å². The molecule has 1 rings (SSSR count). The van der Waals surface area contributed by atoms with Gasteiger partial charge in [0.15, 0.2) is 9.76 Å². The summed E-state index contributed by atoms with van der Waals surface area (Å²) < 4.78 is 5.36. The molecule has 0 unspecified atom stereocenters. The van der Waals surface area contributed by atoms with E-state index >= 15 is 0 Å². The average Bonchev–Trinajstić information content (AvgIpc) is 2.01.